The van der Waals surface area contributed by atoms with Gasteiger partial charge in [-0.2, -0.15) is 0 Å². The molecule has 4 heteroatoms. The Labute approximate surface area is 113 Å². The van der Waals surface area contributed by atoms with Gasteiger partial charge in [0, 0.05) is 19.2 Å². The molecule has 0 spiro atoms. The van der Waals surface area contributed by atoms with Crippen molar-refractivity contribution in [2.45, 2.75) is 13.8 Å². The van der Waals surface area contributed by atoms with Crippen LogP contribution in [0.3, 0.4) is 0 Å². The molecule has 1 aromatic rings. The van der Waals surface area contributed by atoms with Crippen LogP contribution in [0.15, 0.2) is 36.4 Å². The number of nitrogens with zero attached hydrogens (tertiary/aromatic N) is 1. The summed E-state index contributed by atoms with van der Waals surface area (Å²) in [5.41, 5.74) is 0.987. The number of rotatable bonds is 4. The molecule has 96 valence electrons. The van der Waals surface area contributed by atoms with Gasteiger partial charge in [0.05, 0.1) is 0 Å². The molecule has 0 saturated heterocycles. The molecule has 0 heterocycles. The fourth-order valence-corrected chi connectivity index (χ4v) is 1.83. The minimum Gasteiger partial charge on any atom is -0.350 e. The number of carbonyl (C=O) groups excluding carboxylic acids is 1. The Morgan fingerprint density at radius 3 is 2.44 bits per heavy atom. The molecule has 18 heavy (non-hydrogen) atoms. The van der Waals surface area contributed by atoms with Gasteiger partial charge >= 0.3 is 0 Å². The van der Waals surface area contributed by atoms with E-state index in [1.165, 1.54) is 6.08 Å². The van der Waals surface area contributed by atoms with Crippen molar-refractivity contribution in [3.8, 4) is 0 Å². The van der Waals surface area contributed by atoms with Crippen LogP contribution >= 0.6 is 12.2 Å². The summed E-state index contributed by atoms with van der Waals surface area (Å²) in [5, 5.41) is 3.16. The van der Waals surface area contributed by atoms with Gasteiger partial charge in [0.1, 0.15) is 0 Å². The van der Waals surface area contributed by atoms with E-state index in [-0.39, 0.29) is 5.91 Å². The molecule has 0 aliphatic rings. The minimum atomic E-state index is -0.198. The Balaban J connectivity index is 2.52. The minimum absolute atomic E-state index is 0.198. The number of hydrogen-bond acceptors (Lipinski definition) is 2. The van der Waals surface area contributed by atoms with Crippen LogP contribution in [0.4, 0.5) is 0 Å². The maximum absolute atomic E-state index is 11.7. The first-order valence-electron chi connectivity index (χ1n) is 6.00. The molecule has 0 radical (unpaired) electrons. The Bertz CT molecular complexity index is 425. The molecule has 1 amide bonds. The summed E-state index contributed by atoms with van der Waals surface area (Å²) in [6.07, 6.45) is 3.26. The number of amides is 1. The number of thiocarbonyl (C=S) groups is 1. The lowest BCUT2D eigenvalue weighted by Gasteiger charge is -2.21. The van der Waals surface area contributed by atoms with Gasteiger partial charge < -0.3 is 4.90 Å². The smallest absolute Gasteiger partial charge is 0.250 e. The molecule has 0 unspecified atom stereocenters. The SMILES string of the molecule is CCN(CC)C(=S)NC(=O)C=Cc1ccccc1. The molecule has 3 nitrogen and oxygen atoms in total. The van der Waals surface area contributed by atoms with E-state index in [2.05, 4.69) is 5.32 Å². The summed E-state index contributed by atoms with van der Waals surface area (Å²) in [6.45, 7) is 5.58. The number of carbonyl (C=O) groups is 1. The Hall–Kier alpha value is -1.68. The highest BCUT2D eigenvalue weighted by Gasteiger charge is 2.06. The van der Waals surface area contributed by atoms with Crippen molar-refractivity contribution in [2.75, 3.05) is 13.1 Å². The largest absolute Gasteiger partial charge is 0.350 e. The third kappa shape index (κ3) is 4.67. The average Bonchev–Trinajstić information content (AvgIpc) is 2.39. The molecule has 1 aromatic carbocycles. The number of benzene rings is 1. The fraction of sp³-hybridized carbons (Fsp3) is 0.286. The van der Waals surface area contributed by atoms with E-state index >= 15 is 0 Å². The van der Waals surface area contributed by atoms with Crippen molar-refractivity contribution in [1.29, 1.82) is 0 Å². The zero-order valence-corrected chi connectivity index (χ0v) is 11.5. The van der Waals surface area contributed by atoms with Crippen LogP contribution in [0.2, 0.25) is 0 Å². The third-order valence-electron chi connectivity index (χ3n) is 2.51. The summed E-state index contributed by atoms with van der Waals surface area (Å²) < 4.78 is 0. The number of hydrogen-bond donors (Lipinski definition) is 1. The first kappa shape index (κ1) is 14.4. The molecule has 0 fully saturated rings. The van der Waals surface area contributed by atoms with Gasteiger partial charge in [-0.3, -0.25) is 10.1 Å². The zero-order valence-electron chi connectivity index (χ0n) is 10.7. The molecule has 0 aromatic heterocycles. The second kappa shape index (κ2) is 7.61. The predicted molar refractivity (Wildman–Crippen MR) is 79.1 cm³/mol. The quantitative estimate of drug-likeness (QED) is 0.668. The zero-order chi connectivity index (χ0) is 13.4. The molecule has 0 saturated carbocycles. The van der Waals surface area contributed by atoms with Gasteiger partial charge in [-0.15, -0.1) is 0 Å². The van der Waals surface area contributed by atoms with Gasteiger partial charge in [0.25, 0.3) is 0 Å². The monoisotopic (exact) mass is 262 g/mol. The lowest BCUT2D eigenvalue weighted by Crippen LogP contribution is -2.41. The highest BCUT2D eigenvalue weighted by Crippen LogP contribution is 2.00. The van der Waals surface area contributed by atoms with Crippen molar-refractivity contribution in [1.82, 2.24) is 10.2 Å². The predicted octanol–water partition coefficient (Wildman–Crippen LogP) is 2.44. The van der Waals surface area contributed by atoms with Gasteiger partial charge in [-0.05, 0) is 37.7 Å². The Kier molecular flexibility index (Phi) is 6.08. The molecular formula is C14H18N2OS. The van der Waals surface area contributed by atoms with Crippen molar-refractivity contribution < 1.29 is 4.79 Å². The fourth-order valence-electron chi connectivity index (χ4n) is 1.47. The van der Waals surface area contributed by atoms with Crippen LogP contribution in [-0.2, 0) is 4.79 Å². The van der Waals surface area contributed by atoms with Crippen LogP contribution in [0.1, 0.15) is 19.4 Å². The summed E-state index contributed by atoms with van der Waals surface area (Å²) in [5.74, 6) is -0.198. The highest BCUT2D eigenvalue weighted by atomic mass is 32.1. The van der Waals surface area contributed by atoms with Gasteiger partial charge in [-0.1, -0.05) is 30.3 Å². The standard InChI is InChI=1S/C14H18N2OS/c1-3-16(4-2)14(18)15-13(17)11-10-12-8-6-5-7-9-12/h5-11H,3-4H2,1-2H3,(H,15,17,18). The van der Waals surface area contributed by atoms with Crippen molar-refractivity contribution >= 4 is 29.3 Å². The lowest BCUT2D eigenvalue weighted by atomic mass is 10.2. The number of nitrogens with one attached hydrogen (secondary N) is 1. The maximum atomic E-state index is 11.7. The van der Waals surface area contributed by atoms with Gasteiger partial charge in [0.2, 0.25) is 5.91 Å². The van der Waals surface area contributed by atoms with Crippen molar-refractivity contribution in [2.24, 2.45) is 0 Å². The molecule has 0 bridgehead atoms. The molecule has 1 rings (SSSR count). The topological polar surface area (TPSA) is 32.3 Å². The molecule has 1 N–H and O–H groups in total. The van der Waals surface area contributed by atoms with Gasteiger partial charge in [-0.25, -0.2) is 0 Å². The summed E-state index contributed by atoms with van der Waals surface area (Å²) in [4.78, 5) is 13.6. The summed E-state index contributed by atoms with van der Waals surface area (Å²) in [7, 11) is 0. The van der Waals surface area contributed by atoms with Crippen LogP contribution in [0.25, 0.3) is 6.08 Å². The second-order valence-electron chi connectivity index (χ2n) is 3.71. The van der Waals surface area contributed by atoms with Crippen LogP contribution in [0, 0.1) is 0 Å². The van der Waals surface area contributed by atoms with E-state index < -0.39 is 0 Å². The summed E-state index contributed by atoms with van der Waals surface area (Å²) >= 11 is 5.14. The van der Waals surface area contributed by atoms with E-state index in [0.717, 1.165) is 18.7 Å². The van der Waals surface area contributed by atoms with Crippen LogP contribution < -0.4 is 5.32 Å². The van der Waals surface area contributed by atoms with E-state index in [4.69, 9.17) is 12.2 Å². The first-order chi connectivity index (χ1) is 8.67. The van der Waals surface area contributed by atoms with E-state index in [1.54, 1.807) is 6.08 Å². The molecule has 0 aliphatic heterocycles. The summed E-state index contributed by atoms with van der Waals surface area (Å²) in [6, 6.07) is 9.67. The lowest BCUT2D eigenvalue weighted by molar-refractivity contribution is -0.115. The normalized spacial score (nSPS) is 10.3. The Morgan fingerprint density at radius 1 is 1.28 bits per heavy atom. The average molecular weight is 262 g/mol. The highest BCUT2D eigenvalue weighted by molar-refractivity contribution is 7.80. The Morgan fingerprint density at radius 2 is 1.89 bits per heavy atom. The molecule has 0 aliphatic carbocycles. The van der Waals surface area contributed by atoms with Crippen LogP contribution in [-0.4, -0.2) is 29.0 Å². The van der Waals surface area contributed by atoms with Gasteiger partial charge in [0.15, 0.2) is 5.11 Å². The van der Waals surface area contributed by atoms with Crippen molar-refractivity contribution in [3.05, 3.63) is 42.0 Å². The van der Waals surface area contributed by atoms with Crippen molar-refractivity contribution in [3.63, 3.8) is 0 Å². The first-order valence-corrected chi connectivity index (χ1v) is 6.41. The van der Waals surface area contributed by atoms with Crippen LogP contribution in [0.5, 0.6) is 0 Å². The van der Waals surface area contributed by atoms with E-state index in [0.29, 0.717) is 5.11 Å². The molecular weight excluding hydrogens is 244 g/mol. The maximum Gasteiger partial charge on any atom is 0.250 e. The second-order valence-corrected chi connectivity index (χ2v) is 4.10. The molecule has 0 atom stereocenters. The van der Waals surface area contributed by atoms with E-state index in [9.17, 15) is 4.79 Å². The van der Waals surface area contributed by atoms with E-state index in [1.807, 2.05) is 49.1 Å². The third-order valence-corrected chi connectivity index (χ3v) is 2.87.